The minimum Gasteiger partial charge on any atom is -0.337 e. The van der Waals surface area contributed by atoms with Crippen molar-refractivity contribution in [1.82, 2.24) is 19.9 Å². The zero-order valence-corrected chi connectivity index (χ0v) is 14.0. The fraction of sp³-hybridized carbons (Fsp3) is 0.250. The maximum absolute atomic E-state index is 12.6. The van der Waals surface area contributed by atoms with Crippen molar-refractivity contribution in [3.63, 3.8) is 0 Å². The Hall–Kier alpha value is -2.95. The van der Waals surface area contributed by atoms with Crippen LogP contribution in [0.15, 0.2) is 66.9 Å². The average molecular weight is 332 g/mol. The van der Waals surface area contributed by atoms with E-state index in [0.29, 0.717) is 5.69 Å². The molecule has 1 amide bonds. The topological polar surface area (TPSA) is 51.0 Å². The minimum absolute atomic E-state index is 0.0244. The molecule has 5 heteroatoms. The van der Waals surface area contributed by atoms with Crippen molar-refractivity contribution >= 4 is 5.91 Å². The highest BCUT2D eigenvalue weighted by atomic mass is 16.2. The van der Waals surface area contributed by atoms with E-state index in [2.05, 4.69) is 34.6 Å². The molecule has 0 radical (unpaired) electrons. The first-order valence-electron chi connectivity index (χ1n) is 8.64. The Labute approximate surface area is 146 Å². The number of benzene rings is 2. The molecular formula is C20H20N4O. The molecule has 3 aromatic rings. The normalized spacial score (nSPS) is 14.2. The molecule has 25 heavy (non-hydrogen) atoms. The lowest BCUT2D eigenvalue weighted by atomic mass is 9.99. The van der Waals surface area contributed by atoms with E-state index in [1.807, 2.05) is 41.3 Å². The highest BCUT2D eigenvalue weighted by molar-refractivity contribution is 5.92. The van der Waals surface area contributed by atoms with E-state index < -0.39 is 0 Å². The second-order valence-electron chi connectivity index (χ2n) is 6.31. The Bertz CT molecular complexity index is 799. The minimum atomic E-state index is -0.102. The van der Waals surface area contributed by atoms with Gasteiger partial charge in [0.15, 0.2) is 5.69 Å². The van der Waals surface area contributed by atoms with Gasteiger partial charge in [0.1, 0.15) is 6.04 Å². The van der Waals surface area contributed by atoms with Gasteiger partial charge in [-0.25, -0.2) is 4.68 Å². The molecule has 0 bridgehead atoms. The largest absolute Gasteiger partial charge is 0.337 e. The van der Waals surface area contributed by atoms with Crippen LogP contribution in [0.2, 0.25) is 0 Å². The van der Waals surface area contributed by atoms with Crippen molar-refractivity contribution in [2.45, 2.75) is 18.9 Å². The highest BCUT2D eigenvalue weighted by Gasteiger charge is 2.24. The zero-order chi connectivity index (χ0) is 17.1. The second kappa shape index (κ2) is 6.89. The molecule has 1 fully saturated rings. The SMILES string of the molecule is O=C(c1cn(C(c2ccccc2)c2ccccc2)nn1)N1CCCC1. The number of carbonyl (C=O) groups is 1. The summed E-state index contributed by atoms with van der Waals surface area (Å²) in [5.74, 6) is -0.0244. The van der Waals surface area contributed by atoms with E-state index in [1.165, 1.54) is 0 Å². The Morgan fingerprint density at radius 2 is 1.44 bits per heavy atom. The van der Waals surface area contributed by atoms with E-state index in [0.717, 1.165) is 37.1 Å². The van der Waals surface area contributed by atoms with E-state index in [9.17, 15) is 4.79 Å². The van der Waals surface area contributed by atoms with Gasteiger partial charge >= 0.3 is 0 Å². The molecule has 0 spiro atoms. The molecular weight excluding hydrogens is 312 g/mol. The van der Waals surface area contributed by atoms with E-state index in [-0.39, 0.29) is 11.9 Å². The molecule has 1 saturated heterocycles. The molecule has 1 aromatic heterocycles. The average Bonchev–Trinajstić information content (AvgIpc) is 3.36. The molecule has 2 heterocycles. The van der Waals surface area contributed by atoms with Crippen LogP contribution in [0.3, 0.4) is 0 Å². The summed E-state index contributed by atoms with van der Waals surface area (Å²) < 4.78 is 1.79. The van der Waals surface area contributed by atoms with Gasteiger partial charge in [-0.3, -0.25) is 4.79 Å². The van der Waals surface area contributed by atoms with Gasteiger partial charge in [0.05, 0.1) is 6.20 Å². The summed E-state index contributed by atoms with van der Waals surface area (Å²) >= 11 is 0. The van der Waals surface area contributed by atoms with Crippen LogP contribution in [-0.2, 0) is 0 Å². The van der Waals surface area contributed by atoms with Crippen molar-refractivity contribution in [3.05, 3.63) is 83.7 Å². The van der Waals surface area contributed by atoms with Crippen molar-refractivity contribution in [2.75, 3.05) is 13.1 Å². The van der Waals surface area contributed by atoms with Crippen LogP contribution in [0.4, 0.5) is 0 Å². The summed E-state index contributed by atoms with van der Waals surface area (Å²) in [7, 11) is 0. The van der Waals surface area contributed by atoms with Crippen molar-refractivity contribution in [2.24, 2.45) is 0 Å². The number of nitrogens with zero attached hydrogens (tertiary/aromatic N) is 4. The lowest BCUT2D eigenvalue weighted by Crippen LogP contribution is -2.27. The van der Waals surface area contributed by atoms with Gasteiger partial charge in [0.2, 0.25) is 0 Å². The number of aromatic nitrogens is 3. The molecule has 126 valence electrons. The van der Waals surface area contributed by atoms with Gasteiger partial charge in [-0.05, 0) is 24.0 Å². The van der Waals surface area contributed by atoms with Crippen molar-refractivity contribution in [1.29, 1.82) is 0 Å². The first-order valence-corrected chi connectivity index (χ1v) is 8.64. The number of rotatable bonds is 4. The van der Waals surface area contributed by atoms with Gasteiger partial charge in [-0.2, -0.15) is 0 Å². The number of likely N-dealkylation sites (tertiary alicyclic amines) is 1. The van der Waals surface area contributed by atoms with Crippen LogP contribution in [0.25, 0.3) is 0 Å². The van der Waals surface area contributed by atoms with Crippen LogP contribution in [-0.4, -0.2) is 38.9 Å². The quantitative estimate of drug-likeness (QED) is 0.737. The summed E-state index contributed by atoms with van der Waals surface area (Å²) in [6, 6.07) is 20.2. The zero-order valence-electron chi connectivity index (χ0n) is 14.0. The van der Waals surface area contributed by atoms with Crippen LogP contribution in [0, 0.1) is 0 Å². The Balaban J connectivity index is 1.70. The molecule has 0 N–H and O–H groups in total. The predicted octanol–water partition coefficient (Wildman–Crippen LogP) is 3.15. The number of hydrogen-bond acceptors (Lipinski definition) is 3. The fourth-order valence-electron chi connectivity index (χ4n) is 3.35. The lowest BCUT2D eigenvalue weighted by Gasteiger charge is -2.18. The molecule has 2 aromatic carbocycles. The van der Waals surface area contributed by atoms with Gasteiger partial charge in [-0.15, -0.1) is 5.10 Å². The number of amides is 1. The van der Waals surface area contributed by atoms with Gasteiger partial charge in [-0.1, -0.05) is 65.9 Å². The van der Waals surface area contributed by atoms with Crippen LogP contribution in [0.5, 0.6) is 0 Å². The first-order chi connectivity index (χ1) is 12.3. The molecule has 0 atom stereocenters. The third-order valence-corrected chi connectivity index (χ3v) is 4.62. The Morgan fingerprint density at radius 1 is 0.880 bits per heavy atom. The summed E-state index contributed by atoms with van der Waals surface area (Å²) in [6.45, 7) is 1.62. The van der Waals surface area contributed by atoms with E-state index >= 15 is 0 Å². The summed E-state index contributed by atoms with van der Waals surface area (Å²) in [4.78, 5) is 14.4. The molecule has 1 aliphatic rings. The maximum Gasteiger partial charge on any atom is 0.276 e. The molecule has 1 aliphatic heterocycles. The summed E-state index contributed by atoms with van der Waals surface area (Å²) in [6.07, 6.45) is 3.90. The fourth-order valence-corrected chi connectivity index (χ4v) is 3.35. The second-order valence-corrected chi connectivity index (χ2v) is 6.31. The van der Waals surface area contributed by atoms with Crippen LogP contribution in [0.1, 0.15) is 40.5 Å². The summed E-state index contributed by atoms with van der Waals surface area (Å²) in [5, 5.41) is 8.44. The first kappa shape index (κ1) is 15.6. The van der Waals surface area contributed by atoms with Crippen LogP contribution >= 0.6 is 0 Å². The molecule has 0 saturated carbocycles. The van der Waals surface area contributed by atoms with E-state index in [4.69, 9.17) is 0 Å². The Kier molecular flexibility index (Phi) is 4.29. The highest BCUT2D eigenvalue weighted by Crippen LogP contribution is 2.26. The van der Waals surface area contributed by atoms with Crippen molar-refractivity contribution < 1.29 is 4.79 Å². The smallest absolute Gasteiger partial charge is 0.276 e. The molecule has 0 unspecified atom stereocenters. The van der Waals surface area contributed by atoms with Crippen molar-refractivity contribution in [3.8, 4) is 0 Å². The van der Waals surface area contributed by atoms with Gasteiger partial charge in [0.25, 0.3) is 5.91 Å². The molecule has 5 nitrogen and oxygen atoms in total. The standard InChI is InChI=1S/C20H20N4O/c25-20(23-13-7-8-14-23)18-15-24(22-21-18)19(16-9-3-1-4-10-16)17-11-5-2-6-12-17/h1-6,9-12,15,19H,7-8,13-14H2. The Morgan fingerprint density at radius 3 is 2.00 bits per heavy atom. The predicted molar refractivity (Wildman–Crippen MR) is 95.3 cm³/mol. The third kappa shape index (κ3) is 3.18. The third-order valence-electron chi connectivity index (χ3n) is 4.62. The number of carbonyl (C=O) groups excluding carboxylic acids is 1. The monoisotopic (exact) mass is 332 g/mol. The molecule has 0 aliphatic carbocycles. The maximum atomic E-state index is 12.6. The molecule has 4 rings (SSSR count). The van der Waals surface area contributed by atoms with E-state index in [1.54, 1.807) is 10.9 Å². The summed E-state index contributed by atoms with van der Waals surface area (Å²) in [5.41, 5.74) is 2.64. The lowest BCUT2D eigenvalue weighted by molar-refractivity contribution is 0.0787. The number of hydrogen-bond donors (Lipinski definition) is 0. The van der Waals surface area contributed by atoms with Crippen LogP contribution < -0.4 is 0 Å². The van der Waals surface area contributed by atoms with Gasteiger partial charge < -0.3 is 4.90 Å². The van der Waals surface area contributed by atoms with Gasteiger partial charge in [0, 0.05) is 13.1 Å².